The first kappa shape index (κ1) is 22.6. The minimum atomic E-state index is 0.0564. The van der Waals surface area contributed by atoms with Gasteiger partial charge in [-0.05, 0) is 29.3 Å². The normalized spacial score (nSPS) is 15.2. The Morgan fingerprint density at radius 3 is 2.33 bits per heavy atom. The largest absolute Gasteiger partial charge is 0.496 e. The van der Waals surface area contributed by atoms with Gasteiger partial charge in [0.05, 0.1) is 20.3 Å². The Hall–Kier alpha value is -2.12. The molecule has 1 N–H and O–H groups in total. The van der Waals surface area contributed by atoms with Crippen LogP contribution in [0.5, 0.6) is 5.75 Å². The minimum Gasteiger partial charge on any atom is -0.496 e. The zero-order valence-corrected chi connectivity index (χ0v) is 18.5. The number of rotatable bonds is 9. The molecule has 2 aromatic carbocycles. The van der Waals surface area contributed by atoms with E-state index in [0.717, 1.165) is 60.2 Å². The zero-order valence-electron chi connectivity index (χ0n) is 17.7. The molecule has 2 aromatic rings. The second kappa shape index (κ2) is 11.3. The summed E-state index contributed by atoms with van der Waals surface area (Å²) in [7, 11) is 3.36. The lowest BCUT2D eigenvalue weighted by Crippen LogP contribution is -2.49. The maximum absolute atomic E-state index is 12.3. The third-order valence-corrected chi connectivity index (χ3v) is 5.53. The predicted molar refractivity (Wildman–Crippen MR) is 119 cm³/mol. The molecule has 7 heteroatoms. The maximum atomic E-state index is 12.3. The van der Waals surface area contributed by atoms with Crippen LogP contribution in [0.15, 0.2) is 42.5 Å². The van der Waals surface area contributed by atoms with E-state index in [9.17, 15) is 4.79 Å². The smallest absolute Gasteiger partial charge is 0.234 e. The van der Waals surface area contributed by atoms with E-state index in [2.05, 4.69) is 15.1 Å². The van der Waals surface area contributed by atoms with Crippen molar-refractivity contribution in [3.8, 4) is 5.75 Å². The number of carbonyl (C=O) groups is 1. The number of hydrogen-bond donors (Lipinski definition) is 1. The molecular formula is C23H30ClN3O3. The summed E-state index contributed by atoms with van der Waals surface area (Å²) in [4.78, 5) is 16.9. The summed E-state index contributed by atoms with van der Waals surface area (Å²) in [6, 6.07) is 13.8. The highest BCUT2D eigenvalue weighted by Gasteiger charge is 2.20. The predicted octanol–water partition coefficient (Wildman–Crippen LogP) is 2.93. The molecule has 0 aromatic heterocycles. The lowest BCUT2D eigenvalue weighted by atomic mass is 10.1. The van der Waals surface area contributed by atoms with Gasteiger partial charge in [0.15, 0.2) is 0 Å². The maximum Gasteiger partial charge on any atom is 0.234 e. The molecule has 0 spiro atoms. The highest BCUT2D eigenvalue weighted by Crippen LogP contribution is 2.24. The van der Waals surface area contributed by atoms with E-state index in [1.165, 1.54) is 0 Å². The van der Waals surface area contributed by atoms with Crippen molar-refractivity contribution >= 4 is 17.5 Å². The van der Waals surface area contributed by atoms with E-state index in [1.54, 1.807) is 14.2 Å². The average molecular weight is 432 g/mol. The molecule has 1 fully saturated rings. The Bertz CT molecular complexity index is 821. The van der Waals surface area contributed by atoms with E-state index in [-0.39, 0.29) is 5.91 Å². The van der Waals surface area contributed by atoms with Crippen LogP contribution in [0, 0.1) is 0 Å². The number of piperazine rings is 1. The highest BCUT2D eigenvalue weighted by molar-refractivity contribution is 6.30. The molecule has 1 heterocycles. The van der Waals surface area contributed by atoms with Crippen molar-refractivity contribution in [1.29, 1.82) is 0 Å². The molecule has 1 aliphatic rings. The summed E-state index contributed by atoms with van der Waals surface area (Å²) in [5, 5.41) is 3.73. The van der Waals surface area contributed by atoms with Gasteiger partial charge in [0.1, 0.15) is 5.75 Å². The number of ether oxygens (including phenoxy) is 2. The van der Waals surface area contributed by atoms with Crippen LogP contribution in [-0.4, -0.2) is 62.7 Å². The van der Waals surface area contributed by atoms with Crippen LogP contribution in [-0.2, 0) is 29.2 Å². The van der Waals surface area contributed by atoms with Crippen molar-refractivity contribution in [3.05, 3.63) is 64.2 Å². The van der Waals surface area contributed by atoms with Crippen LogP contribution in [0.2, 0.25) is 5.02 Å². The lowest BCUT2D eigenvalue weighted by molar-refractivity contribution is -0.122. The van der Waals surface area contributed by atoms with Crippen LogP contribution in [0.3, 0.4) is 0 Å². The number of nitrogens with zero attached hydrogens (tertiary/aromatic N) is 2. The first-order chi connectivity index (χ1) is 14.6. The summed E-state index contributed by atoms with van der Waals surface area (Å²) in [5.41, 5.74) is 3.30. The first-order valence-electron chi connectivity index (χ1n) is 10.2. The van der Waals surface area contributed by atoms with Gasteiger partial charge < -0.3 is 14.8 Å². The average Bonchev–Trinajstić information content (AvgIpc) is 2.75. The summed E-state index contributed by atoms with van der Waals surface area (Å²) < 4.78 is 10.6. The minimum absolute atomic E-state index is 0.0564. The van der Waals surface area contributed by atoms with Gasteiger partial charge in [-0.15, -0.1) is 0 Å². The van der Waals surface area contributed by atoms with Crippen molar-refractivity contribution in [1.82, 2.24) is 15.1 Å². The van der Waals surface area contributed by atoms with Crippen LogP contribution >= 0.6 is 11.6 Å². The van der Waals surface area contributed by atoms with Gasteiger partial charge in [-0.1, -0.05) is 35.9 Å². The van der Waals surface area contributed by atoms with E-state index in [1.807, 2.05) is 42.5 Å². The fourth-order valence-electron chi connectivity index (χ4n) is 3.60. The van der Waals surface area contributed by atoms with E-state index in [0.29, 0.717) is 19.7 Å². The van der Waals surface area contributed by atoms with Gasteiger partial charge in [0.2, 0.25) is 5.91 Å². The fourth-order valence-corrected chi connectivity index (χ4v) is 3.79. The van der Waals surface area contributed by atoms with Crippen LogP contribution in [0.25, 0.3) is 0 Å². The van der Waals surface area contributed by atoms with Crippen molar-refractivity contribution in [2.24, 2.45) is 0 Å². The second-order valence-electron chi connectivity index (χ2n) is 7.53. The number of carbonyl (C=O) groups excluding carboxylic acids is 1. The fraction of sp³-hybridized carbons (Fsp3) is 0.435. The Labute approximate surface area is 183 Å². The summed E-state index contributed by atoms with van der Waals surface area (Å²) >= 11 is 6.14. The Kier molecular flexibility index (Phi) is 8.51. The van der Waals surface area contributed by atoms with E-state index < -0.39 is 0 Å². The molecule has 0 unspecified atom stereocenters. The van der Waals surface area contributed by atoms with Crippen LogP contribution in [0.1, 0.15) is 16.7 Å². The summed E-state index contributed by atoms with van der Waals surface area (Å²) in [5.74, 6) is 0.914. The first-order valence-corrected chi connectivity index (χ1v) is 10.6. The van der Waals surface area contributed by atoms with Gasteiger partial charge in [0.25, 0.3) is 0 Å². The molecule has 1 aliphatic heterocycles. The van der Waals surface area contributed by atoms with Crippen molar-refractivity contribution < 1.29 is 14.3 Å². The molecule has 30 heavy (non-hydrogen) atoms. The van der Waals surface area contributed by atoms with Crippen LogP contribution in [0.4, 0.5) is 0 Å². The molecule has 1 saturated heterocycles. The van der Waals surface area contributed by atoms with Gasteiger partial charge in [-0.3, -0.25) is 14.6 Å². The third-order valence-electron chi connectivity index (χ3n) is 5.29. The molecule has 6 nitrogen and oxygen atoms in total. The van der Waals surface area contributed by atoms with E-state index >= 15 is 0 Å². The molecular weight excluding hydrogens is 402 g/mol. The molecule has 0 atom stereocenters. The standard InChI is InChI=1S/C23H30ClN3O3/c1-29-17-19-5-3-18(4-6-19)14-25-23(28)16-27-11-9-26(10-12-27)15-20-13-21(24)7-8-22(20)30-2/h3-8,13H,9-12,14-17H2,1-2H3,(H,25,28). The molecule has 0 radical (unpaired) electrons. The highest BCUT2D eigenvalue weighted by atomic mass is 35.5. The van der Waals surface area contributed by atoms with Crippen LogP contribution < -0.4 is 10.1 Å². The van der Waals surface area contributed by atoms with Crippen molar-refractivity contribution in [2.45, 2.75) is 19.7 Å². The number of halogens is 1. The number of benzene rings is 2. The molecule has 3 rings (SSSR count). The Balaban J connectivity index is 1.40. The molecule has 162 valence electrons. The summed E-state index contributed by atoms with van der Waals surface area (Å²) in [6.45, 7) is 5.90. The SMILES string of the molecule is COCc1ccc(CNC(=O)CN2CCN(Cc3cc(Cl)ccc3OC)CC2)cc1. The third kappa shape index (κ3) is 6.71. The number of nitrogens with one attached hydrogen (secondary N) is 1. The number of methoxy groups -OCH3 is 2. The Morgan fingerprint density at radius 2 is 1.67 bits per heavy atom. The van der Waals surface area contributed by atoms with Gasteiger partial charge in [0, 0.05) is 57.0 Å². The van der Waals surface area contributed by atoms with Gasteiger partial charge in [-0.25, -0.2) is 0 Å². The van der Waals surface area contributed by atoms with Crippen molar-refractivity contribution in [3.63, 3.8) is 0 Å². The van der Waals surface area contributed by atoms with Crippen molar-refractivity contribution in [2.75, 3.05) is 46.9 Å². The van der Waals surface area contributed by atoms with Gasteiger partial charge >= 0.3 is 0 Å². The zero-order chi connectivity index (χ0) is 21.3. The monoisotopic (exact) mass is 431 g/mol. The number of hydrogen-bond acceptors (Lipinski definition) is 5. The van der Waals surface area contributed by atoms with E-state index in [4.69, 9.17) is 21.1 Å². The molecule has 1 amide bonds. The molecule has 0 bridgehead atoms. The lowest BCUT2D eigenvalue weighted by Gasteiger charge is -2.34. The summed E-state index contributed by atoms with van der Waals surface area (Å²) in [6.07, 6.45) is 0. The quantitative estimate of drug-likeness (QED) is 0.661. The number of amides is 1. The Morgan fingerprint density at radius 1 is 1.00 bits per heavy atom. The molecule has 0 aliphatic carbocycles. The molecule has 0 saturated carbocycles. The topological polar surface area (TPSA) is 54.0 Å². The second-order valence-corrected chi connectivity index (χ2v) is 7.97. The van der Waals surface area contributed by atoms with Gasteiger partial charge in [-0.2, -0.15) is 0 Å².